The highest BCUT2D eigenvalue weighted by molar-refractivity contribution is 4.96. The van der Waals surface area contributed by atoms with Crippen LogP contribution in [0.3, 0.4) is 0 Å². The Morgan fingerprint density at radius 1 is 1.15 bits per heavy atom. The average molecular weight is 181 g/mol. The van der Waals surface area contributed by atoms with Crippen molar-refractivity contribution in [2.45, 2.75) is 58.5 Å². The zero-order valence-corrected chi connectivity index (χ0v) is 9.51. The summed E-state index contributed by atoms with van der Waals surface area (Å²) >= 11 is 0. The average Bonchev–Trinajstić information content (AvgIpc) is 2.03. The van der Waals surface area contributed by atoms with Crippen LogP contribution in [0.15, 0.2) is 0 Å². The summed E-state index contributed by atoms with van der Waals surface area (Å²) in [6.45, 7) is 10.9. The van der Waals surface area contributed by atoms with Crippen molar-refractivity contribution in [3.8, 4) is 0 Å². The van der Waals surface area contributed by atoms with E-state index in [0.29, 0.717) is 5.54 Å². The first-order chi connectivity index (χ1) is 5.98. The van der Waals surface area contributed by atoms with Crippen molar-refractivity contribution in [1.82, 2.24) is 4.90 Å². The minimum atomic E-state index is 0.392. The van der Waals surface area contributed by atoms with Gasteiger partial charge in [-0.2, -0.15) is 0 Å². The number of hydrogen-bond acceptors (Lipinski definition) is 1. The molecule has 0 amide bonds. The lowest BCUT2D eigenvalue weighted by Gasteiger charge is -2.54. The Labute approximate surface area is 82.5 Å². The van der Waals surface area contributed by atoms with Gasteiger partial charge in [-0.15, -0.1) is 0 Å². The highest BCUT2D eigenvalue weighted by atomic mass is 15.2. The molecule has 1 aliphatic carbocycles. The Kier molecular flexibility index (Phi) is 2.18. The second-order valence-electron chi connectivity index (χ2n) is 6.03. The molecule has 1 saturated carbocycles. The van der Waals surface area contributed by atoms with Crippen molar-refractivity contribution in [2.75, 3.05) is 6.54 Å². The van der Waals surface area contributed by atoms with E-state index < -0.39 is 0 Å². The number of fused-ring (bicyclic) bond motifs is 3. The Hall–Kier alpha value is -0.0400. The van der Waals surface area contributed by atoms with Crippen molar-refractivity contribution in [3.63, 3.8) is 0 Å². The first kappa shape index (κ1) is 9.51. The molecule has 0 aromatic carbocycles. The SMILES string of the molecule is C[C@@H]1CC2CC[C@@H]1CN2C(C)(C)C. The fraction of sp³-hybridized carbons (Fsp3) is 1.00. The Balaban J connectivity index is 2.11. The molecule has 3 rings (SSSR count). The highest BCUT2D eigenvalue weighted by Gasteiger charge is 2.41. The molecule has 13 heavy (non-hydrogen) atoms. The molecule has 1 heteroatoms. The van der Waals surface area contributed by atoms with E-state index >= 15 is 0 Å². The van der Waals surface area contributed by atoms with E-state index in [0.717, 1.165) is 17.9 Å². The van der Waals surface area contributed by atoms with Gasteiger partial charge in [0.15, 0.2) is 0 Å². The van der Waals surface area contributed by atoms with Crippen LogP contribution >= 0.6 is 0 Å². The summed E-state index contributed by atoms with van der Waals surface area (Å²) in [4.78, 5) is 2.74. The smallest absolute Gasteiger partial charge is 0.0128 e. The number of rotatable bonds is 0. The van der Waals surface area contributed by atoms with Gasteiger partial charge < -0.3 is 0 Å². The van der Waals surface area contributed by atoms with E-state index in [1.165, 1.54) is 25.8 Å². The van der Waals surface area contributed by atoms with Gasteiger partial charge in [0.25, 0.3) is 0 Å². The summed E-state index contributed by atoms with van der Waals surface area (Å²) in [6.07, 6.45) is 4.38. The molecule has 1 nitrogen and oxygen atoms in total. The van der Waals surface area contributed by atoms with E-state index in [2.05, 4.69) is 32.6 Å². The maximum atomic E-state index is 2.74. The molecule has 76 valence electrons. The van der Waals surface area contributed by atoms with Crippen molar-refractivity contribution in [1.29, 1.82) is 0 Å². The molecular formula is C12H23N. The molecule has 0 aromatic rings. The topological polar surface area (TPSA) is 3.24 Å². The molecule has 0 N–H and O–H groups in total. The van der Waals surface area contributed by atoms with Crippen molar-refractivity contribution in [3.05, 3.63) is 0 Å². The fourth-order valence-electron chi connectivity index (χ4n) is 3.21. The molecule has 0 radical (unpaired) electrons. The van der Waals surface area contributed by atoms with E-state index in [4.69, 9.17) is 0 Å². The molecular weight excluding hydrogens is 158 g/mol. The van der Waals surface area contributed by atoms with Crippen LogP contribution in [-0.2, 0) is 0 Å². The van der Waals surface area contributed by atoms with Crippen LogP contribution in [0, 0.1) is 11.8 Å². The molecule has 3 fully saturated rings. The van der Waals surface area contributed by atoms with Gasteiger partial charge in [-0.05, 0) is 51.9 Å². The standard InChI is InChI=1S/C12H23N/c1-9-7-11-6-5-10(9)8-13(11)12(2,3)4/h9-11H,5-8H2,1-4H3/t9-,10-,11?/m1/s1. The third-order valence-electron chi connectivity index (χ3n) is 4.05. The summed E-state index contributed by atoms with van der Waals surface area (Å²) < 4.78 is 0. The van der Waals surface area contributed by atoms with Crippen molar-refractivity contribution < 1.29 is 0 Å². The van der Waals surface area contributed by atoms with Crippen LogP contribution in [-0.4, -0.2) is 23.0 Å². The zero-order chi connectivity index (χ0) is 9.64. The van der Waals surface area contributed by atoms with Crippen LogP contribution < -0.4 is 0 Å². The Morgan fingerprint density at radius 2 is 1.85 bits per heavy atom. The normalized spacial score (nSPS) is 41.1. The van der Waals surface area contributed by atoms with Gasteiger partial charge in [0, 0.05) is 18.1 Å². The predicted molar refractivity (Wildman–Crippen MR) is 56.8 cm³/mol. The summed E-state index contributed by atoms with van der Waals surface area (Å²) in [5.41, 5.74) is 0.392. The van der Waals surface area contributed by atoms with E-state index in [-0.39, 0.29) is 0 Å². The molecule has 3 atom stereocenters. The summed E-state index contributed by atoms with van der Waals surface area (Å²) in [5.74, 6) is 1.97. The molecule has 2 aliphatic heterocycles. The monoisotopic (exact) mass is 181 g/mol. The van der Waals surface area contributed by atoms with Gasteiger partial charge >= 0.3 is 0 Å². The third-order valence-corrected chi connectivity index (χ3v) is 4.05. The predicted octanol–water partition coefficient (Wildman–Crippen LogP) is 2.91. The minimum Gasteiger partial charge on any atom is -0.295 e. The lowest BCUT2D eigenvalue weighted by atomic mass is 9.71. The Bertz CT molecular complexity index is 192. The number of nitrogens with zero attached hydrogens (tertiary/aromatic N) is 1. The highest BCUT2D eigenvalue weighted by Crippen LogP contribution is 2.41. The molecule has 2 saturated heterocycles. The molecule has 2 heterocycles. The van der Waals surface area contributed by atoms with Crippen molar-refractivity contribution in [2.24, 2.45) is 11.8 Å². The summed E-state index contributed by atoms with van der Waals surface area (Å²) in [5, 5.41) is 0. The van der Waals surface area contributed by atoms with E-state index in [1.54, 1.807) is 0 Å². The molecule has 2 bridgehead atoms. The van der Waals surface area contributed by atoms with Gasteiger partial charge in [0.05, 0.1) is 0 Å². The van der Waals surface area contributed by atoms with Gasteiger partial charge in [0.1, 0.15) is 0 Å². The van der Waals surface area contributed by atoms with Gasteiger partial charge in [0.2, 0.25) is 0 Å². The van der Waals surface area contributed by atoms with Crippen LogP contribution in [0.2, 0.25) is 0 Å². The number of piperidine rings is 2. The second kappa shape index (κ2) is 2.98. The first-order valence-electron chi connectivity index (χ1n) is 5.75. The van der Waals surface area contributed by atoms with Crippen LogP contribution in [0.4, 0.5) is 0 Å². The zero-order valence-electron chi connectivity index (χ0n) is 9.51. The summed E-state index contributed by atoms with van der Waals surface area (Å²) in [6, 6.07) is 0.889. The van der Waals surface area contributed by atoms with Crippen molar-refractivity contribution >= 4 is 0 Å². The molecule has 0 spiro atoms. The molecule has 1 unspecified atom stereocenters. The largest absolute Gasteiger partial charge is 0.295 e. The minimum absolute atomic E-state index is 0.392. The lowest BCUT2D eigenvalue weighted by Crippen LogP contribution is -2.58. The van der Waals surface area contributed by atoms with E-state index in [1.807, 2.05) is 0 Å². The lowest BCUT2D eigenvalue weighted by molar-refractivity contribution is -0.0424. The quantitative estimate of drug-likeness (QED) is 0.555. The van der Waals surface area contributed by atoms with Gasteiger partial charge in [-0.3, -0.25) is 4.90 Å². The van der Waals surface area contributed by atoms with E-state index in [9.17, 15) is 0 Å². The third kappa shape index (κ3) is 1.63. The van der Waals surface area contributed by atoms with Gasteiger partial charge in [-0.25, -0.2) is 0 Å². The maximum Gasteiger partial charge on any atom is 0.0128 e. The maximum absolute atomic E-state index is 2.74. The van der Waals surface area contributed by atoms with Crippen LogP contribution in [0.25, 0.3) is 0 Å². The number of hydrogen-bond donors (Lipinski definition) is 0. The fourth-order valence-corrected chi connectivity index (χ4v) is 3.21. The van der Waals surface area contributed by atoms with Gasteiger partial charge in [-0.1, -0.05) is 6.92 Å². The first-order valence-corrected chi connectivity index (χ1v) is 5.75. The van der Waals surface area contributed by atoms with Crippen LogP contribution in [0.1, 0.15) is 47.0 Å². The second-order valence-corrected chi connectivity index (χ2v) is 6.03. The Morgan fingerprint density at radius 3 is 2.23 bits per heavy atom. The molecule has 3 aliphatic rings. The molecule has 0 aromatic heterocycles. The summed E-state index contributed by atoms with van der Waals surface area (Å²) in [7, 11) is 0. The van der Waals surface area contributed by atoms with Crippen LogP contribution in [0.5, 0.6) is 0 Å².